The van der Waals surface area contributed by atoms with Gasteiger partial charge < -0.3 is 4.90 Å². The summed E-state index contributed by atoms with van der Waals surface area (Å²) in [7, 11) is 0. The third-order valence-corrected chi connectivity index (χ3v) is 4.98. The number of benzene rings is 1. The van der Waals surface area contributed by atoms with Gasteiger partial charge >= 0.3 is 0 Å². The number of hydrogen-bond donors (Lipinski definition) is 1. The fourth-order valence-electron chi connectivity index (χ4n) is 3.61. The molecule has 1 N–H and O–H groups in total. The monoisotopic (exact) mass is 290 g/mol. The zero-order valence-electron chi connectivity index (χ0n) is 12.5. The zero-order chi connectivity index (χ0) is 14.8. The number of carbonyl (C=O) groups is 1. The molecule has 1 aliphatic heterocycles. The van der Waals surface area contributed by atoms with Crippen molar-refractivity contribution in [2.24, 2.45) is 11.8 Å². The van der Waals surface area contributed by atoms with Crippen molar-refractivity contribution in [3.8, 4) is 0 Å². The van der Waals surface area contributed by atoms with Crippen molar-refractivity contribution < 1.29 is 9.18 Å². The van der Waals surface area contributed by atoms with Gasteiger partial charge in [0.05, 0.1) is 6.54 Å². The first-order valence-electron chi connectivity index (χ1n) is 7.93. The summed E-state index contributed by atoms with van der Waals surface area (Å²) in [5.74, 6) is 1.18. The second-order valence-electron chi connectivity index (χ2n) is 6.40. The Bertz CT molecular complexity index is 502. The zero-order valence-corrected chi connectivity index (χ0v) is 12.5. The summed E-state index contributed by atoms with van der Waals surface area (Å²) in [6.07, 6.45) is 4.95. The van der Waals surface area contributed by atoms with Gasteiger partial charge in [-0.05, 0) is 36.0 Å². The van der Waals surface area contributed by atoms with Crippen molar-refractivity contribution in [2.75, 3.05) is 13.1 Å². The van der Waals surface area contributed by atoms with Crippen molar-refractivity contribution >= 4 is 5.91 Å². The highest BCUT2D eigenvalue weighted by molar-refractivity contribution is 5.81. The second-order valence-corrected chi connectivity index (χ2v) is 6.40. The number of nitrogens with zero attached hydrogens (tertiary/aromatic N) is 1. The first-order valence-corrected chi connectivity index (χ1v) is 7.93. The minimum absolute atomic E-state index is 0.104. The minimum atomic E-state index is -0.240. The number of hydrogen-bond acceptors (Lipinski definition) is 2. The van der Waals surface area contributed by atoms with E-state index in [9.17, 15) is 9.18 Å². The first kappa shape index (κ1) is 14.5. The molecule has 2 aliphatic rings. The third kappa shape index (κ3) is 3.10. The van der Waals surface area contributed by atoms with Gasteiger partial charge in [0.15, 0.2) is 0 Å². The van der Waals surface area contributed by atoms with E-state index in [1.165, 1.54) is 37.8 Å². The highest BCUT2D eigenvalue weighted by atomic mass is 19.1. The maximum absolute atomic E-state index is 13.1. The van der Waals surface area contributed by atoms with Crippen LogP contribution in [0.15, 0.2) is 24.3 Å². The summed E-state index contributed by atoms with van der Waals surface area (Å²) in [4.78, 5) is 14.1. The Kier molecular flexibility index (Phi) is 4.24. The Morgan fingerprint density at radius 3 is 2.67 bits per heavy atom. The van der Waals surface area contributed by atoms with E-state index in [-0.39, 0.29) is 17.9 Å². The van der Waals surface area contributed by atoms with Crippen molar-refractivity contribution in [1.82, 2.24) is 10.2 Å². The molecule has 3 unspecified atom stereocenters. The Morgan fingerprint density at radius 1 is 1.24 bits per heavy atom. The molecule has 21 heavy (non-hydrogen) atoms. The fraction of sp³-hybridized carbons (Fsp3) is 0.588. The van der Waals surface area contributed by atoms with Crippen LogP contribution < -0.4 is 5.32 Å². The Balaban J connectivity index is 1.74. The van der Waals surface area contributed by atoms with Crippen LogP contribution in [-0.2, 0) is 4.79 Å². The summed E-state index contributed by atoms with van der Waals surface area (Å²) >= 11 is 0. The number of halogens is 1. The molecular formula is C17H23FN2O. The van der Waals surface area contributed by atoms with E-state index in [2.05, 4.69) is 12.2 Å². The van der Waals surface area contributed by atoms with Gasteiger partial charge in [0, 0.05) is 6.54 Å². The summed E-state index contributed by atoms with van der Waals surface area (Å²) < 4.78 is 13.1. The van der Waals surface area contributed by atoms with Gasteiger partial charge in [-0.2, -0.15) is 0 Å². The van der Waals surface area contributed by atoms with E-state index in [4.69, 9.17) is 0 Å². The summed E-state index contributed by atoms with van der Waals surface area (Å²) in [5.41, 5.74) is 0.964. The summed E-state index contributed by atoms with van der Waals surface area (Å²) in [5, 5.41) is 3.25. The van der Waals surface area contributed by atoms with Gasteiger partial charge in [0.2, 0.25) is 5.91 Å². The van der Waals surface area contributed by atoms with E-state index in [0.717, 1.165) is 12.1 Å². The van der Waals surface area contributed by atoms with E-state index < -0.39 is 0 Å². The molecule has 3 rings (SSSR count). The lowest BCUT2D eigenvalue weighted by Gasteiger charge is -2.34. The van der Waals surface area contributed by atoms with Gasteiger partial charge in [-0.25, -0.2) is 4.39 Å². The number of nitrogens with one attached hydrogen (secondary N) is 1. The van der Waals surface area contributed by atoms with Crippen LogP contribution in [-0.4, -0.2) is 23.9 Å². The molecule has 4 heteroatoms. The number of carbonyl (C=O) groups excluding carboxylic acids is 1. The maximum Gasteiger partial charge on any atom is 0.238 e. The second kappa shape index (κ2) is 6.14. The average molecular weight is 290 g/mol. The molecule has 114 valence electrons. The SMILES string of the molecule is CC1CCCCC1CN1C(=O)CNC1c1ccc(F)cc1. The number of amides is 1. The van der Waals surface area contributed by atoms with Crippen LogP contribution in [0, 0.1) is 17.7 Å². The van der Waals surface area contributed by atoms with Crippen molar-refractivity contribution in [3.63, 3.8) is 0 Å². The van der Waals surface area contributed by atoms with Crippen LogP contribution in [0.25, 0.3) is 0 Å². The summed E-state index contributed by atoms with van der Waals surface area (Å²) in [6.45, 7) is 3.49. The minimum Gasteiger partial charge on any atom is -0.322 e. The molecule has 1 aliphatic carbocycles. The maximum atomic E-state index is 13.1. The van der Waals surface area contributed by atoms with E-state index in [1.807, 2.05) is 4.90 Å². The topological polar surface area (TPSA) is 32.3 Å². The highest BCUT2D eigenvalue weighted by Crippen LogP contribution is 2.33. The van der Waals surface area contributed by atoms with Crippen LogP contribution in [0.1, 0.15) is 44.3 Å². The van der Waals surface area contributed by atoms with Gasteiger partial charge in [0.1, 0.15) is 12.0 Å². The lowest BCUT2D eigenvalue weighted by Crippen LogP contribution is -2.37. The Hall–Kier alpha value is -1.42. The van der Waals surface area contributed by atoms with Crippen molar-refractivity contribution in [1.29, 1.82) is 0 Å². The smallest absolute Gasteiger partial charge is 0.238 e. The first-order chi connectivity index (χ1) is 10.1. The molecule has 1 saturated carbocycles. The standard InChI is InChI=1S/C17H23FN2O/c1-12-4-2-3-5-14(12)11-20-16(21)10-19-17(20)13-6-8-15(18)9-7-13/h6-9,12,14,17,19H,2-5,10-11H2,1H3. The molecule has 1 heterocycles. The van der Waals surface area contributed by atoms with Gasteiger partial charge in [0.25, 0.3) is 0 Å². The Labute approximate surface area is 125 Å². The molecule has 1 aromatic rings. The predicted molar refractivity (Wildman–Crippen MR) is 80.0 cm³/mol. The van der Waals surface area contributed by atoms with E-state index in [1.54, 1.807) is 12.1 Å². The molecule has 0 bridgehead atoms. The van der Waals surface area contributed by atoms with Crippen molar-refractivity contribution in [2.45, 2.75) is 38.8 Å². The normalized spacial score (nSPS) is 29.9. The van der Waals surface area contributed by atoms with Crippen LogP contribution in [0.4, 0.5) is 4.39 Å². The van der Waals surface area contributed by atoms with E-state index in [0.29, 0.717) is 18.4 Å². The molecule has 1 saturated heterocycles. The molecular weight excluding hydrogens is 267 g/mol. The van der Waals surface area contributed by atoms with Crippen LogP contribution in [0.2, 0.25) is 0 Å². The molecule has 2 fully saturated rings. The van der Waals surface area contributed by atoms with Gasteiger partial charge in [-0.1, -0.05) is 38.3 Å². The van der Waals surface area contributed by atoms with Gasteiger partial charge in [-0.3, -0.25) is 10.1 Å². The molecule has 3 nitrogen and oxygen atoms in total. The summed E-state index contributed by atoms with van der Waals surface area (Å²) in [6, 6.07) is 6.45. The lowest BCUT2D eigenvalue weighted by molar-refractivity contribution is -0.129. The Morgan fingerprint density at radius 2 is 1.95 bits per heavy atom. The fourth-order valence-corrected chi connectivity index (χ4v) is 3.61. The van der Waals surface area contributed by atoms with Gasteiger partial charge in [-0.15, -0.1) is 0 Å². The molecule has 0 radical (unpaired) electrons. The molecule has 1 amide bonds. The van der Waals surface area contributed by atoms with Crippen LogP contribution >= 0.6 is 0 Å². The van der Waals surface area contributed by atoms with Crippen LogP contribution in [0.5, 0.6) is 0 Å². The third-order valence-electron chi connectivity index (χ3n) is 4.98. The lowest BCUT2D eigenvalue weighted by atomic mass is 9.80. The van der Waals surface area contributed by atoms with Crippen LogP contribution in [0.3, 0.4) is 0 Å². The number of rotatable bonds is 3. The molecule has 1 aromatic carbocycles. The van der Waals surface area contributed by atoms with E-state index >= 15 is 0 Å². The largest absolute Gasteiger partial charge is 0.322 e. The quantitative estimate of drug-likeness (QED) is 0.928. The van der Waals surface area contributed by atoms with Crippen molar-refractivity contribution in [3.05, 3.63) is 35.6 Å². The average Bonchev–Trinajstić information content (AvgIpc) is 2.84. The predicted octanol–water partition coefficient (Wildman–Crippen LogP) is 3.08. The molecule has 0 spiro atoms. The highest BCUT2D eigenvalue weighted by Gasteiger charge is 2.34. The molecule has 0 aromatic heterocycles. The molecule has 3 atom stereocenters.